The molecule has 0 spiro atoms. The summed E-state index contributed by atoms with van der Waals surface area (Å²) in [5, 5.41) is 3.08. The Hall–Kier alpha value is -2.00. The first kappa shape index (κ1) is 13.4. The number of rotatable bonds is 2. The van der Waals surface area contributed by atoms with Gasteiger partial charge in [-0.05, 0) is 49.2 Å². The number of benzene rings is 2. The molecule has 0 aliphatic heterocycles. The molecule has 0 saturated heterocycles. The van der Waals surface area contributed by atoms with Gasteiger partial charge in [-0.3, -0.25) is 5.32 Å². The summed E-state index contributed by atoms with van der Waals surface area (Å²) in [5.41, 5.74) is 2.61. The second-order valence-electron chi connectivity index (χ2n) is 4.32. The molecule has 2 rings (SSSR count). The Morgan fingerprint density at radius 2 is 1.74 bits per heavy atom. The fourth-order valence-corrected chi connectivity index (χ4v) is 1.98. The van der Waals surface area contributed by atoms with Crippen molar-refractivity contribution in [2.75, 3.05) is 5.32 Å². The zero-order valence-corrected chi connectivity index (χ0v) is 11.5. The highest BCUT2D eigenvalue weighted by atomic mass is 35.5. The molecule has 0 aliphatic rings. The molecule has 2 aromatic rings. The molecular formula is C15H14ClNO2. The van der Waals surface area contributed by atoms with Gasteiger partial charge in [0.15, 0.2) is 0 Å². The van der Waals surface area contributed by atoms with Gasteiger partial charge in [-0.1, -0.05) is 29.8 Å². The van der Waals surface area contributed by atoms with Crippen molar-refractivity contribution >= 4 is 23.4 Å². The van der Waals surface area contributed by atoms with E-state index in [1.807, 2.05) is 19.9 Å². The third kappa shape index (κ3) is 3.73. The number of anilines is 1. The molecule has 0 atom stereocenters. The lowest BCUT2D eigenvalue weighted by atomic mass is 10.1. The van der Waals surface area contributed by atoms with Gasteiger partial charge in [-0.25, -0.2) is 4.79 Å². The van der Waals surface area contributed by atoms with E-state index >= 15 is 0 Å². The number of para-hydroxylation sites is 1. The van der Waals surface area contributed by atoms with E-state index in [2.05, 4.69) is 5.32 Å². The maximum Gasteiger partial charge on any atom is 0.417 e. The van der Waals surface area contributed by atoms with Crippen molar-refractivity contribution in [3.8, 4) is 5.75 Å². The zero-order chi connectivity index (χ0) is 13.8. The number of ether oxygens (including phenoxy) is 1. The van der Waals surface area contributed by atoms with Gasteiger partial charge < -0.3 is 4.74 Å². The summed E-state index contributed by atoms with van der Waals surface area (Å²) in [6, 6.07) is 12.6. The molecule has 0 aromatic heterocycles. The van der Waals surface area contributed by atoms with Crippen LogP contribution in [0, 0.1) is 13.8 Å². The Morgan fingerprint density at radius 1 is 1.11 bits per heavy atom. The monoisotopic (exact) mass is 275 g/mol. The van der Waals surface area contributed by atoms with Crippen LogP contribution in [0.1, 0.15) is 11.1 Å². The van der Waals surface area contributed by atoms with Crippen LogP contribution in [0.4, 0.5) is 10.5 Å². The third-order valence-electron chi connectivity index (χ3n) is 2.52. The minimum atomic E-state index is -0.557. The normalized spacial score (nSPS) is 10.1. The second kappa shape index (κ2) is 5.76. The molecule has 19 heavy (non-hydrogen) atoms. The Labute approximate surface area is 117 Å². The molecule has 0 aliphatic carbocycles. The zero-order valence-electron chi connectivity index (χ0n) is 10.7. The summed E-state index contributed by atoms with van der Waals surface area (Å²) >= 11 is 5.95. The Balaban J connectivity index is 2.07. The standard InChI is InChI=1S/C15H14ClNO2/c1-10-7-11(2)9-12(8-10)19-15(18)17-14-6-4-3-5-13(14)16/h3-9H,1-2H3,(H,17,18). The molecule has 2 aromatic carbocycles. The largest absolute Gasteiger partial charge is 0.417 e. The van der Waals surface area contributed by atoms with Crippen LogP contribution in [-0.4, -0.2) is 6.09 Å². The SMILES string of the molecule is Cc1cc(C)cc(OC(=O)Nc2ccccc2Cl)c1. The third-order valence-corrected chi connectivity index (χ3v) is 2.85. The number of carbonyl (C=O) groups excluding carboxylic acids is 1. The van der Waals surface area contributed by atoms with Crippen LogP contribution in [-0.2, 0) is 0 Å². The quantitative estimate of drug-likeness (QED) is 0.872. The molecule has 4 heteroatoms. The van der Waals surface area contributed by atoms with E-state index in [4.69, 9.17) is 16.3 Å². The molecule has 0 unspecified atom stereocenters. The molecular weight excluding hydrogens is 262 g/mol. The Morgan fingerprint density at radius 3 is 2.37 bits per heavy atom. The number of carbonyl (C=O) groups is 1. The van der Waals surface area contributed by atoms with E-state index < -0.39 is 6.09 Å². The summed E-state index contributed by atoms with van der Waals surface area (Å²) in [6.07, 6.45) is -0.557. The maximum atomic E-state index is 11.8. The van der Waals surface area contributed by atoms with Gasteiger partial charge in [-0.15, -0.1) is 0 Å². The van der Waals surface area contributed by atoms with E-state index in [0.29, 0.717) is 16.5 Å². The Kier molecular flexibility index (Phi) is 4.07. The molecule has 1 N–H and O–H groups in total. The summed E-state index contributed by atoms with van der Waals surface area (Å²) in [4.78, 5) is 11.8. The summed E-state index contributed by atoms with van der Waals surface area (Å²) in [6.45, 7) is 3.90. The lowest BCUT2D eigenvalue weighted by molar-refractivity contribution is 0.215. The van der Waals surface area contributed by atoms with Crippen molar-refractivity contribution in [3.05, 3.63) is 58.6 Å². The van der Waals surface area contributed by atoms with E-state index in [-0.39, 0.29) is 0 Å². The molecule has 1 amide bonds. The van der Waals surface area contributed by atoms with Gasteiger partial charge >= 0.3 is 6.09 Å². The lowest BCUT2D eigenvalue weighted by Gasteiger charge is -2.09. The first-order valence-corrected chi connectivity index (χ1v) is 6.24. The molecule has 3 nitrogen and oxygen atoms in total. The highest BCUT2D eigenvalue weighted by Crippen LogP contribution is 2.21. The first-order valence-electron chi connectivity index (χ1n) is 5.86. The number of hydrogen-bond donors (Lipinski definition) is 1. The minimum Gasteiger partial charge on any atom is -0.410 e. The van der Waals surface area contributed by atoms with E-state index in [1.165, 1.54) is 0 Å². The molecule has 98 valence electrons. The topological polar surface area (TPSA) is 38.3 Å². The van der Waals surface area contributed by atoms with Crippen LogP contribution in [0.15, 0.2) is 42.5 Å². The van der Waals surface area contributed by atoms with E-state index in [9.17, 15) is 4.79 Å². The maximum absolute atomic E-state index is 11.8. The van der Waals surface area contributed by atoms with E-state index in [0.717, 1.165) is 11.1 Å². The van der Waals surface area contributed by atoms with Crippen molar-refractivity contribution in [2.45, 2.75) is 13.8 Å². The average molecular weight is 276 g/mol. The van der Waals surface area contributed by atoms with Gasteiger partial charge in [-0.2, -0.15) is 0 Å². The van der Waals surface area contributed by atoms with Crippen LogP contribution in [0.3, 0.4) is 0 Å². The second-order valence-corrected chi connectivity index (χ2v) is 4.72. The first-order chi connectivity index (χ1) is 9.04. The molecule has 0 bridgehead atoms. The summed E-state index contributed by atoms with van der Waals surface area (Å²) in [5.74, 6) is 0.516. The molecule has 0 saturated carbocycles. The predicted octanol–water partition coefficient (Wildman–Crippen LogP) is 4.57. The van der Waals surface area contributed by atoms with Gasteiger partial charge in [0.1, 0.15) is 5.75 Å². The Bertz CT molecular complexity index is 591. The minimum absolute atomic E-state index is 0.472. The van der Waals surface area contributed by atoms with E-state index in [1.54, 1.807) is 36.4 Å². The fourth-order valence-electron chi connectivity index (χ4n) is 1.80. The molecule has 0 radical (unpaired) electrons. The summed E-state index contributed by atoms with van der Waals surface area (Å²) < 4.78 is 5.23. The van der Waals surface area contributed by atoms with Gasteiger partial charge in [0, 0.05) is 0 Å². The van der Waals surface area contributed by atoms with Crippen LogP contribution in [0.2, 0.25) is 5.02 Å². The number of hydrogen-bond acceptors (Lipinski definition) is 2. The van der Waals surface area contributed by atoms with Crippen molar-refractivity contribution in [3.63, 3.8) is 0 Å². The number of aryl methyl sites for hydroxylation is 2. The van der Waals surface area contributed by atoms with Crippen molar-refractivity contribution in [1.82, 2.24) is 0 Å². The lowest BCUT2D eigenvalue weighted by Crippen LogP contribution is -2.17. The molecule has 0 heterocycles. The average Bonchev–Trinajstić information content (AvgIpc) is 2.30. The number of halogens is 1. The van der Waals surface area contributed by atoms with Crippen molar-refractivity contribution in [2.24, 2.45) is 0 Å². The summed E-state index contributed by atoms with van der Waals surface area (Å²) in [7, 11) is 0. The van der Waals surface area contributed by atoms with Crippen molar-refractivity contribution in [1.29, 1.82) is 0 Å². The van der Waals surface area contributed by atoms with Crippen molar-refractivity contribution < 1.29 is 9.53 Å². The predicted molar refractivity (Wildman–Crippen MR) is 77.0 cm³/mol. The highest BCUT2D eigenvalue weighted by molar-refractivity contribution is 6.33. The molecule has 0 fully saturated rings. The van der Waals surface area contributed by atoms with Crippen LogP contribution in [0.25, 0.3) is 0 Å². The van der Waals surface area contributed by atoms with Crippen LogP contribution < -0.4 is 10.1 Å². The van der Waals surface area contributed by atoms with Gasteiger partial charge in [0.2, 0.25) is 0 Å². The van der Waals surface area contributed by atoms with Gasteiger partial charge in [0.25, 0.3) is 0 Å². The smallest absolute Gasteiger partial charge is 0.410 e. The fraction of sp³-hybridized carbons (Fsp3) is 0.133. The van der Waals surface area contributed by atoms with Crippen LogP contribution in [0.5, 0.6) is 5.75 Å². The van der Waals surface area contributed by atoms with Gasteiger partial charge in [0.05, 0.1) is 10.7 Å². The highest BCUT2D eigenvalue weighted by Gasteiger charge is 2.08. The van der Waals surface area contributed by atoms with Crippen LogP contribution >= 0.6 is 11.6 Å². The number of nitrogens with one attached hydrogen (secondary N) is 1. The number of amides is 1.